The summed E-state index contributed by atoms with van der Waals surface area (Å²) in [4.78, 5) is 29.2. The molecule has 3 aromatic carbocycles. The Morgan fingerprint density at radius 1 is 1.03 bits per heavy atom. The predicted octanol–water partition coefficient (Wildman–Crippen LogP) is 4.80. The first-order valence-corrected chi connectivity index (χ1v) is 11.7. The smallest absolute Gasteiger partial charge is 0.269 e. The normalized spacial score (nSPS) is 14.3. The van der Waals surface area contributed by atoms with E-state index in [0.717, 1.165) is 5.56 Å². The van der Waals surface area contributed by atoms with E-state index in [2.05, 4.69) is 15.6 Å². The van der Waals surface area contributed by atoms with Crippen LogP contribution in [0.2, 0.25) is 0 Å². The molecule has 4 aromatic rings. The summed E-state index contributed by atoms with van der Waals surface area (Å²) >= 11 is 0. The largest absolute Gasteiger partial charge is 0.497 e. The van der Waals surface area contributed by atoms with E-state index < -0.39 is 11.0 Å². The molecule has 1 aliphatic heterocycles. The van der Waals surface area contributed by atoms with Crippen molar-refractivity contribution in [1.29, 1.82) is 0 Å². The molecule has 2 heterocycles. The van der Waals surface area contributed by atoms with Gasteiger partial charge in [-0.25, -0.2) is 4.68 Å². The Morgan fingerprint density at radius 2 is 1.74 bits per heavy atom. The molecule has 1 amide bonds. The fourth-order valence-corrected chi connectivity index (χ4v) is 4.33. The summed E-state index contributed by atoms with van der Waals surface area (Å²) in [7, 11) is 3.12. The topological polar surface area (TPSA) is 133 Å². The van der Waals surface area contributed by atoms with Crippen LogP contribution in [0.4, 0.5) is 17.3 Å². The minimum absolute atomic E-state index is 0.0545. The van der Waals surface area contributed by atoms with E-state index in [1.165, 1.54) is 19.2 Å². The number of carbonyl (C=O) groups excluding carboxylic acids is 1. The first-order chi connectivity index (χ1) is 18.4. The first kappa shape index (κ1) is 24.5. The average Bonchev–Trinajstić information content (AvgIpc) is 3.36. The molecule has 38 heavy (non-hydrogen) atoms. The Bertz CT molecular complexity index is 1540. The predicted molar refractivity (Wildman–Crippen MR) is 141 cm³/mol. The van der Waals surface area contributed by atoms with Gasteiger partial charge in [0.05, 0.1) is 30.4 Å². The van der Waals surface area contributed by atoms with Crippen molar-refractivity contribution in [3.8, 4) is 22.9 Å². The molecule has 192 valence electrons. The Balaban J connectivity index is 1.59. The van der Waals surface area contributed by atoms with Gasteiger partial charge < -0.3 is 20.1 Å². The number of methoxy groups -OCH3 is 2. The van der Waals surface area contributed by atoms with Gasteiger partial charge in [0.2, 0.25) is 5.95 Å². The van der Waals surface area contributed by atoms with Crippen LogP contribution in [0.25, 0.3) is 11.4 Å². The van der Waals surface area contributed by atoms with E-state index in [1.54, 1.807) is 49.0 Å². The molecule has 0 aliphatic carbocycles. The molecule has 2 N–H and O–H groups in total. The Hall–Kier alpha value is -5.19. The second kappa shape index (κ2) is 10.1. The highest BCUT2D eigenvalue weighted by atomic mass is 16.6. The van der Waals surface area contributed by atoms with Gasteiger partial charge in [-0.3, -0.25) is 14.9 Å². The minimum Gasteiger partial charge on any atom is -0.497 e. The van der Waals surface area contributed by atoms with Gasteiger partial charge in [0, 0.05) is 23.4 Å². The first-order valence-electron chi connectivity index (χ1n) is 11.7. The van der Waals surface area contributed by atoms with E-state index in [4.69, 9.17) is 14.6 Å². The summed E-state index contributed by atoms with van der Waals surface area (Å²) in [6.07, 6.45) is 0. The standard InChI is InChI=1S/C27H24N6O5/c1-16-23(26(34)29-21-6-4-5-7-22(21)38-3)24(17-8-12-19(13-9-17)33(35)36)32-27(28-16)30-25(31-32)18-10-14-20(37-2)15-11-18/h4-15,24H,1-3H3,(H,29,34)(H,28,30,31). The van der Waals surface area contributed by atoms with Gasteiger partial charge in [-0.1, -0.05) is 12.1 Å². The number of para-hydroxylation sites is 2. The number of non-ortho nitro benzene ring substituents is 1. The number of allylic oxidation sites excluding steroid dienone is 1. The molecule has 0 radical (unpaired) electrons. The number of ether oxygens (including phenoxy) is 2. The van der Waals surface area contributed by atoms with Gasteiger partial charge in [0.25, 0.3) is 11.6 Å². The zero-order chi connectivity index (χ0) is 26.8. The molecular formula is C27H24N6O5. The maximum absolute atomic E-state index is 13.7. The number of amides is 1. The number of nitrogens with zero attached hydrogens (tertiary/aromatic N) is 4. The quantitative estimate of drug-likeness (QED) is 0.267. The lowest BCUT2D eigenvalue weighted by atomic mass is 9.95. The van der Waals surface area contributed by atoms with Gasteiger partial charge in [-0.05, 0) is 61.0 Å². The van der Waals surface area contributed by atoms with Gasteiger partial charge in [0.1, 0.15) is 17.5 Å². The van der Waals surface area contributed by atoms with Crippen molar-refractivity contribution in [2.45, 2.75) is 13.0 Å². The number of aromatic nitrogens is 3. The zero-order valence-corrected chi connectivity index (χ0v) is 20.8. The number of hydrogen-bond donors (Lipinski definition) is 2. The second-order valence-corrected chi connectivity index (χ2v) is 8.50. The average molecular weight is 513 g/mol. The third kappa shape index (κ3) is 4.52. The van der Waals surface area contributed by atoms with Crippen molar-refractivity contribution in [3.05, 3.63) is 99.7 Å². The number of fused-ring (bicyclic) bond motifs is 1. The Labute approximate surface area is 217 Å². The number of nitro groups is 1. The molecule has 0 spiro atoms. The highest BCUT2D eigenvalue weighted by molar-refractivity contribution is 6.06. The van der Waals surface area contributed by atoms with Crippen LogP contribution < -0.4 is 20.1 Å². The van der Waals surface area contributed by atoms with Crippen molar-refractivity contribution >= 4 is 23.2 Å². The van der Waals surface area contributed by atoms with E-state index in [-0.39, 0.29) is 11.6 Å². The van der Waals surface area contributed by atoms with E-state index in [0.29, 0.717) is 45.8 Å². The fourth-order valence-electron chi connectivity index (χ4n) is 4.33. The van der Waals surface area contributed by atoms with Crippen LogP contribution >= 0.6 is 0 Å². The maximum Gasteiger partial charge on any atom is 0.269 e. The van der Waals surface area contributed by atoms with Gasteiger partial charge in [-0.2, -0.15) is 4.98 Å². The number of nitrogens with one attached hydrogen (secondary N) is 2. The molecule has 5 rings (SSSR count). The molecular weight excluding hydrogens is 488 g/mol. The highest BCUT2D eigenvalue weighted by Crippen LogP contribution is 2.38. The molecule has 11 nitrogen and oxygen atoms in total. The zero-order valence-electron chi connectivity index (χ0n) is 20.8. The third-order valence-corrected chi connectivity index (χ3v) is 6.22. The van der Waals surface area contributed by atoms with Crippen LogP contribution in [0.3, 0.4) is 0 Å². The van der Waals surface area contributed by atoms with Crippen LogP contribution in [0.1, 0.15) is 18.5 Å². The lowest BCUT2D eigenvalue weighted by Gasteiger charge is -2.28. The number of rotatable bonds is 7. The molecule has 0 bridgehead atoms. The summed E-state index contributed by atoms with van der Waals surface area (Å²) in [6.45, 7) is 1.78. The lowest BCUT2D eigenvalue weighted by molar-refractivity contribution is -0.384. The van der Waals surface area contributed by atoms with Gasteiger partial charge in [-0.15, -0.1) is 5.10 Å². The van der Waals surface area contributed by atoms with Crippen LogP contribution in [-0.4, -0.2) is 39.8 Å². The van der Waals surface area contributed by atoms with Crippen LogP contribution in [-0.2, 0) is 4.79 Å². The van der Waals surface area contributed by atoms with Crippen LogP contribution in [0.15, 0.2) is 84.1 Å². The third-order valence-electron chi connectivity index (χ3n) is 6.22. The molecule has 11 heteroatoms. The number of hydrogen-bond acceptors (Lipinski definition) is 8. The molecule has 0 saturated carbocycles. The van der Waals surface area contributed by atoms with Gasteiger partial charge in [0.15, 0.2) is 5.82 Å². The van der Waals surface area contributed by atoms with E-state index in [9.17, 15) is 14.9 Å². The maximum atomic E-state index is 13.7. The fraction of sp³-hybridized carbons (Fsp3) is 0.148. The SMILES string of the molecule is COc1ccc(-c2nc3n(n2)C(c2ccc([N+](=O)[O-])cc2)C(C(=O)Nc2ccccc2OC)=C(C)N3)cc1. The lowest BCUT2D eigenvalue weighted by Crippen LogP contribution is -2.31. The van der Waals surface area contributed by atoms with Crippen LogP contribution in [0.5, 0.6) is 11.5 Å². The number of carbonyl (C=O) groups is 1. The summed E-state index contributed by atoms with van der Waals surface area (Å²) in [5.41, 5.74) is 2.79. The molecule has 1 unspecified atom stereocenters. The van der Waals surface area contributed by atoms with Crippen molar-refractivity contribution in [3.63, 3.8) is 0 Å². The molecule has 1 aliphatic rings. The molecule has 1 atom stereocenters. The monoisotopic (exact) mass is 512 g/mol. The summed E-state index contributed by atoms with van der Waals surface area (Å²) < 4.78 is 12.2. The van der Waals surface area contributed by atoms with Gasteiger partial charge >= 0.3 is 0 Å². The number of nitro benzene ring substituents is 1. The summed E-state index contributed by atoms with van der Waals surface area (Å²) in [5.74, 6) is 1.71. The van der Waals surface area contributed by atoms with E-state index >= 15 is 0 Å². The number of benzene rings is 3. The van der Waals surface area contributed by atoms with Crippen LogP contribution in [0, 0.1) is 10.1 Å². The van der Waals surface area contributed by atoms with E-state index in [1.807, 2.05) is 30.3 Å². The van der Waals surface area contributed by atoms with Crippen molar-refractivity contribution < 1.29 is 19.2 Å². The Morgan fingerprint density at radius 3 is 2.39 bits per heavy atom. The molecule has 0 saturated heterocycles. The summed E-state index contributed by atoms with van der Waals surface area (Å²) in [6, 6.07) is 19.8. The second-order valence-electron chi connectivity index (χ2n) is 8.50. The van der Waals surface area contributed by atoms with Crippen molar-refractivity contribution in [1.82, 2.24) is 14.8 Å². The summed E-state index contributed by atoms with van der Waals surface area (Å²) in [5, 5.41) is 22.1. The molecule has 0 fully saturated rings. The Kier molecular flexibility index (Phi) is 6.48. The minimum atomic E-state index is -0.707. The highest BCUT2D eigenvalue weighted by Gasteiger charge is 2.35. The number of anilines is 2. The molecule has 1 aromatic heterocycles. The van der Waals surface area contributed by atoms with Crippen molar-refractivity contribution in [2.24, 2.45) is 0 Å². The van der Waals surface area contributed by atoms with Crippen molar-refractivity contribution in [2.75, 3.05) is 24.9 Å².